The van der Waals surface area contributed by atoms with Gasteiger partial charge in [-0.05, 0) is 57.3 Å². The molecule has 0 aliphatic heterocycles. The van der Waals surface area contributed by atoms with Crippen LogP contribution >= 0.6 is 0 Å². The Bertz CT molecular complexity index is 1150. The van der Waals surface area contributed by atoms with E-state index in [1.54, 1.807) is 0 Å². The van der Waals surface area contributed by atoms with Crippen molar-refractivity contribution in [3.63, 3.8) is 0 Å². The number of aromatic nitrogens is 2. The Kier molecular flexibility index (Phi) is 4.45. The molecule has 0 aliphatic carbocycles. The third-order valence-electron chi connectivity index (χ3n) is 5.69. The molecule has 0 fully saturated rings. The van der Waals surface area contributed by atoms with Crippen LogP contribution in [0.4, 0.5) is 0 Å². The molecule has 2 heterocycles. The molecule has 0 saturated heterocycles. The second-order valence-corrected chi connectivity index (χ2v) is 9.49. The maximum atomic E-state index is 4.76. The van der Waals surface area contributed by atoms with Gasteiger partial charge in [0.2, 0.25) is 0 Å². The maximum Gasteiger partial charge on any atom is 0.0418 e. The standard InChI is InChI=1S/C26H28N2/c1-25(2,3)22-8-7-19-17-28-24(14-20(19)12-22)15-26(4,5)23-9-6-18-10-11-27-16-21(18)13-23/h6-14,16-17H,15H2,1-5H3. The zero-order valence-corrected chi connectivity index (χ0v) is 17.5. The lowest BCUT2D eigenvalue weighted by molar-refractivity contribution is 0.516. The van der Waals surface area contributed by atoms with Gasteiger partial charge >= 0.3 is 0 Å². The summed E-state index contributed by atoms with van der Waals surface area (Å²) in [5.41, 5.74) is 3.95. The summed E-state index contributed by atoms with van der Waals surface area (Å²) in [7, 11) is 0. The van der Waals surface area contributed by atoms with Gasteiger partial charge in [0.1, 0.15) is 0 Å². The lowest BCUT2D eigenvalue weighted by atomic mass is 9.79. The number of benzene rings is 2. The highest BCUT2D eigenvalue weighted by atomic mass is 14.7. The van der Waals surface area contributed by atoms with Crippen molar-refractivity contribution in [2.45, 2.75) is 51.9 Å². The summed E-state index contributed by atoms with van der Waals surface area (Å²) >= 11 is 0. The van der Waals surface area contributed by atoms with E-state index in [0.29, 0.717) is 0 Å². The van der Waals surface area contributed by atoms with Gasteiger partial charge < -0.3 is 0 Å². The SMILES string of the molecule is CC(C)(C)c1ccc2cnc(CC(C)(C)c3ccc4ccncc4c3)cc2c1. The predicted molar refractivity (Wildman–Crippen MR) is 119 cm³/mol. The highest BCUT2D eigenvalue weighted by Crippen LogP contribution is 2.31. The number of hydrogen-bond donors (Lipinski definition) is 0. The summed E-state index contributed by atoms with van der Waals surface area (Å²) in [4.78, 5) is 9.03. The first-order chi connectivity index (χ1) is 13.2. The van der Waals surface area contributed by atoms with Crippen molar-refractivity contribution in [2.24, 2.45) is 0 Å². The smallest absolute Gasteiger partial charge is 0.0418 e. The third-order valence-corrected chi connectivity index (χ3v) is 5.69. The monoisotopic (exact) mass is 368 g/mol. The van der Waals surface area contributed by atoms with Gasteiger partial charge in [0.15, 0.2) is 0 Å². The highest BCUT2D eigenvalue weighted by molar-refractivity contribution is 5.83. The summed E-state index contributed by atoms with van der Waals surface area (Å²) in [5.74, 6) is 0. The van der Waals surface area contributed by atoms with Gasteiger partial charge in [-0.15, -0.1) is 0 Å². The van der Waals surface area contributed by atoms with Crippen LogP contribution in [0.15, 0.2) is 67.1 Å². The highest BCUT2D eigenvalue weighted by Gasteiger charge is 2.22. The number of nitrogens with zero attached hydrogens (tertiary/aromatic N) is 2. The number of fused-ring (bicyclic) bond motifs is 2. The Labute approximate surface area is 167 Å². The molecule has 0 spiro atoms. The molecule has 2 nitrogen and oxygen atoms in total. The predicted octanol–water partition coefficient (Wildman–Crippen LogP) is 6.60. The largest absolute Gasteiger partial charge is 0.264 e. The van der Waals surface area contributed by atoms with Crippen molar-refractivity contribution < 1.29 is 0 Å². The summed E-state index contributed by atoms with van der Waals surface area (Å²) in [6, 6.07) is 17.7. The van der Waals surface area contributed by atoms with Crippen LogP contribution in [-0.2, 0) is 17.3 Å². The summed E-state index contributed by atoms with van der Waals surface area (Å²) in [5, 5.41) is 4.89. The summed E-state index contributed by atoms with van der Waals surface area (Å²) < 4.78 is 0. The van der Waals surface area contributed by atoms with Crippen LogP contribution in [0.1, 0.15) is 51.4 Å². The Morgan fingerprint density at radius 3 is 2.18 bits per heavy atom. The zero-order chi connectivity index (χ0) is 19.9. The second kappa shape index (κ2) is 6.70. The molecule has 2 aromatic heterocycles. The quantitative estimate of drug-likeness (QED) is 0.407. The lowest BCUT2D eigenvalue weighted by Gasteiger charge is -2.26. The molecule has 0 unspecified atom stereocenters. The van der Waals surface area contributed by atoms with Gasteiger partial charge in [0.05, 0.1) is 0 Å². The van der Waals surface area contributed by atoms with Gasteiger partial charge in [0.25, 0.3) is 0 Å². The molecule has 28 heavy (non-hydrogen) atoms. The van der Waals surface area contributed by atoms with E-state index < -0.39 is 0 Å². The molecular formula is C26H28N2. The molecule has 0 amide bonds. The van der Waals surface area contributed by atoms with Crippen LogP contribution in [0, 0.1) is 0 Å². The van der Waals surface area contributed by atoms with E-state index in [4.69, 9.17) is 4.98 Å². The topological polar surface area (TPSA) is 25.8 Å². The average molecular weight is 369 g/mol. The maximum absolute atomic E-state index is 4.76. The van der Waals surface area contributed by atoms with Crippen LogP contribution in [0.3, 0.4) is 0 Å². The molecule has 4 aromatic rings. The average Bonchev–Trinajstić information content (AvgIpc) is 2.66. The Morgan fingerprint density at radius 1 is 0.679 bits per heavy atom. The van der Waals surface area contributed by atoms with Gasteiger partial charge in [-0.3, -0.25) is 9.97 Å². The number of pyridine rings is 2. The molecule has 0 bridgehead atoms. The van der Waals surface area contributed by atoms with Gasteiger partial charge in [0, 0.05) is 35.1 Å². The minimum absolute atomic E-state index is 0.00759. The van der Waals surface area contributed by atoms with Crippen LogP contribution < -0.4 is 0 Å². The third kappa shape index (κ3) is 3.64. The van der Waals surface area contributed by atoms with Crippen molar-refractivity contribution in [1.29, 1.82) is 0 Å². The summed E-state index contributed by atoms with van der Waals surface area (Å²) in [6.07, 6.45) is 6.70. The fourth-order valence-electron chi connectivity index (χ4n) is 3.81. The first kappa shape index (κ1) is 18.6. The van der Waals surface area contributed by atoms with E-state index in [-0.39, 0.29) is 10.8 Å². The van der Waals surface area contributed by atoms with Gasteiger partial charge in [-0.25, -0.2) is 0 Å². The molecule has 2 heteroatoms. The molecule has 4 rings (SSSR count). The van der Waals surface area contributed by atoms with Crippen molar-refractivity contribution in [1.82, 2.24) is 9.97 Å². The van der Waals surface area contributed by atoms with Crippen molar-refractivity contribution in [3.8, 4) is 0 Å². The minimum atomic E-state index is -0.00759. The van der Waals surface area contributed by atoms with Crippen LogP contribution in [-0.4, -0.2) is 9.97 Å². The van der Waals surface area contributed by atoms with E-state index in [0.717, 1.165) is 12.1 Å². The first-order valence-corrected chi connectivity index (χ1v) is 9.96. The summed E-state index contributed by atoms with van der Waals surface area (Å²) in [6.45, 7) is 11.4. The van der Waals surface area contributed by atoms with E-state index >= 15 is 0 Å². The fraction of sp³-hybridized carbons (Fsp3) is 0.308. The number of hydrogen-bond acceptors (Lipinski definition) is 2. The molecule has 0 aliphatic rings. The second-order valence-electron chi connectivity index (χ2n) is 9.49. The van der Waals surface area contributed by atoms with Crippen LogP contribution in [0.2, 0.25) is 0 Å². The van der Waals surface area contributed by atoms with Crippen molar-refractivity contribution >= 4 is 21.5 Å². The zero-order valence-electron chi connectivity index (χ0n) is 17.5. The van der Waals surface area contributed by atoms with E-state index in [1.807, 2.05) is 18.6 Å². The minimum Gasteiger partial charge on any atom is -0.264 e. The molecular weight excluding hydrogens is 340 g/mol. The van der Waals surface area contributed by atoms with Gasteiger partial charge in [-0.2, -0.15) is 0 Å². The van der Waals surface area contributed by atoms with E-state index in [1.165, 1.54) is 32.7 Å². The molecule has 0 saturated carbocycles. The Hall–Kier alpha value is -2.74. The normalized spacial score (nSPS) is 12.6. The fourth-order valence-corrected chi connectivity index (χ4v) is 3.81. The molecule has 0 N–H and O–H groups in total. The van der Waals surface area contributed by atoms with Crippen LogP contribution in [0.5, 0.6) is 0 Å². The molecule has 2 aromatic carbocycles. The van der Waals surface area contributed by atoms with E-state index in [9.17, 15) is 0 Å². The van der Waals surface area contributed by atoms with Gasteiger partial charge in [-0.1, -0.05) is 65.0 Å². The number of rotatable bonds is 3. The van der Waals surface area contributed by atoms with Crippen molar-refractivity contribution in [3.05, 3.63) is 83.9 Å². The van der Waals surface area contributed by atoms with Crippen LogP contribution in [0.25, 0.3) is 21.5 Å². The van der Waals surface area contributed by atoms with E-state index in [2.05, 4.69) is 88.1 Å². The Morgan fingerprint density at radius 2 is 1.39 bits per heavy atom. The lowest BCUT2D eigenvalue weighted by Crippen LogP contribution is -2.21. The molecule has 142 valence electrons. The first-order valence-electron chi connectivity index (χ1n) is 9.96. The van der Waals surface area contributed by atoms with Crippen molar-refractivity contribution in [2.75, 3.05) is 0 Å². The molecule has 0 atom stereocenters. The Balaban J connectivity index is 1.68. The molecule has 0 radical (unpaired) electrons.